The SMILES string of the molecule is CC[C@@H]1O[C@H]1CCC=CC=O. The van der Waals surface area contributed by atoms with E-state index < -0.39 is 0 Å². The molecule has 0 amide bonds. The fourth-order valence-electron chi connectivity index (χ4n) is 1.20. The molecule has 2 nitrogen and oxygen atoms in total. The lowest BCUT2D eigenvalue weighted by Crippen LogP contribution is -1.90. The largest absolute Gasteiger partial charge is 0.370 e. The van der Waals surface area contributed by atoms with Gasteiger partial charge in [0, 0.05) is 0 Å². The predicted molar refractivity (Wildman–Crippen MR) is 43.4 cm³/mol. The van der Waals surface area contributed by atoms with Crippen molar-refractivity contribution in [1.82, 2.24) is 0 Å². The highest BCUT2D eigenvalue weighted by atomic mass is 16.6. The number of epoxide rings is 1. The maximum Gasteiger partial charge on any atom is 0.142 e. The fraction of sp³-hybridized carbons (Fsp3) is 0.667. The number of carbonyl (C=O) groups is 1. The Labute approximate surface area is 67.2 Å². The third kappa shape index (κ3) is 2.85. The Morgan fingerprint density at radius 3 is 2.82 bits per heavy atom. The van der Waals surface area contributed by atoms with Gasteiger partial charge in [0.15, 0.2) is 0 Å². The first kappa shape index (κ1) is 8.47. The third-order valence-corrected chi connectivity index (χ3v) is 1.92. The van der Waals surface area contributed by atoms with E-state index in [1.165, 1.54) is 0 Å². The predicted octanol–water partition coefficient (Wildman–Crippen LogP) is 1.70. The van der Waals surface area contributed by atoms with Crippen LogP contribution in [0.25, 0.3) is 0 Å². The molecule has 2 atom stereocenters. The van der Waals surface area contributed by atoms with Gasteiger partial charge in [-0.25, -0.2) is 0 Å². The van der Waals surface area contributed by atoms with E-state index in [9.17, 15) is 4.79 Å². The van der Waals surface area contributed by atoms with E-state index in [1.807, 2.05) is 6.08 Å². The van der Waals surface area contributed by atoms with Crippen molar-refractivity contribution >= 4 is 6.29 Å². The molecule has 0 spiro atoms. The molecule has 1 saturated heterocycles. The number of aldehydes is 1. The van der Waals surface area contributed by atoms with Crippen molar-refractivity contribution in [1.29, 1.82) is 0 Å². The Bertz CT molecular complexity index is 152. The summed E-state index contributed by atoms with van der Waals surface area (Å²) in [5, 5.41) is 0. The number of hydrogen-bond acceptors (Lipinski definition) is 2. The molecule has 0 aliphatic carbocycles. The maximum absolute atomic E-state index is 9.87. The van der Waals surface area contributed by atoms with Crippen LogP contribution in [-0.2, 0) is 9.53 Å². The lowest BCUT2D eigenvalue weighted by molar-refractivity contribution is -0.104. The van der Waals surface area contributed by atoms with Gasteiger partial charge in [0.25, 0.3) is 0 Å². The Morgan fingerprint density at radius 2 is 2.27 bits per heavy atom. The van der Waals surface area contributed by atoms with Crippen LogP contribution in [0.1, 0.15) is 26.2 Å². The molecule has 1 heterocycles. The van der Waals surface area contributed by atoms with Crippen LogP contribution in [0, 0.1) is 0 Å². The van der Waals surface area contributed by atoms with Crippen LogP contribution in [0.5, 0.6) is 0 Å². The summed E-state index contributed by atoms with van der Waals surface area (Å²) in [5.41, 5.74) is 0. The summed E-state index contributed by atoms with van der Waals surface area (Å²) in [6, 6.07) is 0. The van der Waals surface area contributed by atoms with Crippen molar-refractivity contribution in [3.05, 3.63) is 12.2 Å². The molecule has 0 aromatic carbocycles. The molecule has 0 saturated carbocycles. The Kier molecular flexibility index (Phi) is 3.30. The van der Waals surface area contributed by atoms with Gasteiger partial charge in [0.05, 0.1) is 12.2 Å². The standard InChI is InChI=1S/C9H14O2/c1-2-8-9(11-8)6-4-3-5-7-10/h3,5,7-9H,2,4,6H2,1H3/t8-,9-/m0/s1. The first-order chi connectivity index (χ1) is 5.38. The number of carbonyl (C=O) groups excluding carboxylic acids is 1. The van der Waals surface area contributed by atoms with Crippen molar-refractivity contribution in [2.24, 2.45) is 0 Å². The second-order valence-electron chi connectivity index (χ2n) is 2.76. The molecule has 1 aliphatic rings. The van der Waals surface area contributed by atoms with Gasteiger partial charge in [0.2, 0.25) is 0 Å². The minimum atomic E-state index is 0.469. The van der Waals surface area contributed by atoms with Gasteiger partial charge >= 0.3 is 0 Å². The molecule has 0 aromatic heterocycles. The summed E-state index contributed by atoms with van der Waals surface area (Å²) in [6.07, 6.45) is 8.34. The molecule has 11 heavy (non-hydrogen) atoms. The second-order valence-corrected chi connectivity index (χ2v) is 2.76. The number of rotatable bonds is 5. The molecule has 1 fully saturated rings. The smallest absolute Gasteiger partial charge is 0.142 e. The molecular weight excluding hydrogens is 140 g/mol. The molecule has 1 aliphatic heterocycles. The summed E-state index contributed by atoms with van der Waals surface area (Å²) in [7, 11) is 0. The minimum absolute atomic E-state index is 0.469. The molecule has 0 radical (unpaired) electrons. The maximum atomic E-state index is 9.87. The zero-order valence-corrected chi connectivity index (χ0v) is 6.82. The van der Waals surface area contributed by atoms with Gasteiger partial charge < -0.3 is 4.74 Å². The summed E-state index contributed by atoms with van der Waals surface area (Å²) in [4.78, 5) is 9.87. The van der Waals surface area contributed by atoms with Crippen LogP contribution >= 0.6 is 0 Å². The molecule has 1 rings (SSSR count). The van der Waals surface area contributed by atoms with E-state index in [0.29, 0.717) is 12.2 Å². The number of ether oxygens (including phenoxy) is 1. The van der Waals surface area contributed by atoms with Gasteiger partial charge in [0.1, 0.15) is 6.29 Å². The fourth-order valence-corrected chi connectivity index (χ4v) is 1.20. The summed E-state index contributed by atoms with van der Waals surface area (Å²) < 4.78 is 5.32. The summed E-state index contributed by atoms with van der Waals surface area (Å²) >= 11 is 0. The van der Waals surface area contributed by atoms with Crippen LogP contribution in [0.3, 0.4) is 0 Å². The Morgan fingerprint density at radius 1 is 1.45 bits per heavy atom. The van der Waals surface area contributed by atoms with Crippen LogP contribution in [-0.4, -0.2) is 18.5 Å². The lowest BCUT2D eigenvalue weighted by atomic mass is 10.1. The van der Waals surface area contributed by atoms with Gasteiger partial charge in [-0.3, -0.25) is 4.79 Å². The normalized spacial score (nSPS) is 29.2. The van der Waals surface area contributed by atoms with E-state index in [2.05, 4.69) is 6.92 Å². The van der Waals surface area contributed by atoms with E-state index in [0.717, 1.165) is 25.5 Å². The molecule has 62 valence electrons. The van der Waals surface area contributed by atoms with Crippen molar-refractivity contribution in [3.8, 4) is 0 Å². The van der Waals surface area contributed by atoms with E-state index in [-0.39, 0.29) is 0 Å². The highest BCUT2D eigenvalue weighted by molar-refractivity contribution is 5.64. The van der Waals surface area contributed by atoms with E-state index >= 15 is 0 Å². The minimum Gasteiger partial charge on any atom is -0.370 e. The van der Waals surface area contributed by atoms with Gasteiger partial charge in [-0.05, 0) is 25.3 Å². The van der Waals surface area contributed by atoms with Crippen LogP contribution < -0.4 is 0 Å². The zero-order chi connectivity index (χ0) is 8.10. The first-order valence-corrected chi connectivity index (χ1v) is 4.14. The molecule has 0 aromatic rings. The zero-order valence-electron chi connectivity index (χ0n) is 6.82. The van der Waals surface area contributed by atoms with Gasteiger partial charge in [-0.1, -0.05) is 13.0 Å². The summed E-state index contributed by atoms with van der Waals surface area (Å²) in [5.74, 6) is 0. The highest BCUT2D eigenvalue weighted by Crippen LogP contribution is 2.28. The van der Waals surface area contributed by atoms with Gasteiger partial charge in [-0.15, -0.1) is 0 Å². The van der Waals surface area contributed by atoms with Crippen LogP contribution in [0.2, 0.25) is 0 Å². The first-order valence-electron chi connectivity index (χ1n) is 4.14. The highest BCUT2D eigenvalue weighted by Gasteiger charge is 2.35. The lowest BCUT2D eigenvalue weighted by Gasteiger charge is -1.86. The van der Waals surface area contributed by atoms with Crippen molar-refractivity contribution in [2.45, 2.75) is 38.4 Å². The van der Waals surface area contributed by atoms with Crippen LogP contribution in [0.4, 0.5) is 0 Å². The molecule has 0 bridgehead atoms. The van der Waals surface area contributed by atoms with Crippen molar-refractivity contribution in [3.63, 3.8) is 0 Å². The average Bonchev–Trinajstić information content (AvgIpc) is 2.77. The van der Waals surface area contributed by atoms with Crippen molar-refractivity contribution < 1.29 is 9.53 Å². The molecule has 0 unspecified atom stereocenters. The molecule has 2 heteroatoms. The van der Waals surface area contributed by atoms with Crippen LogP contribution in [0.15, 0.2) is 12.2 Å². The molecule has 0 N–H and O–H groups in total. The quantitative estimate of drug-likeness (QED) is 0.342. The van der Waals surface area contributed by atoms with Crippen molar-refractivity contribution in [2.75, 3.05) is 0 Å². The number of hydrogen-bond donors (Lipinski definition) is 0. The Balaban J connectivity index is 1.97. The third-order valence-electron chi connectivity index (χ3n) is 1.92. The monoisotopic (exact) mass is 154 g/mol. The Hall–Kier alpha value is -0.630. The van der Waals surface area contributed by atoms with E-state index in [1.54, 1.807) is 6.08 Å². The molecular formula is C9H14O2. The number of allylic oxidation sites excluding steroid dienone is 2. The summed E-state index contributed by atoms with van der Waals surface area (Å²) in [6.45, 7) is 2.13. The van der Waals surface area contributed by atoms with Gasteiger partial charge in [-0.2, -0.15) is 0 Å². The topological polar surface area (TPSA) is 29.6 Å². The van der Waals surface area contributed by atoms with E-state index in [4.69, 9.17) is 4.74 Å². The second kappa shape index (κ2) is 4.29. The average molecular weight is 154 g/mol.